The van der Waals surface area contributed by atoms with Gasteiger partial charge in [0.1, 0.15) is 6.04 Å². The van der Waals surface area contributed by atoms with E-state index in [1.165, 1.54) is 0 Å². The number of esters is 1. The van der Waals surface area contributed by atoms with Crippen LogP contribution in [0, 0.1) is 11.3 Å². The lowest BCUT2D eigenvalue weighted by Crippen LogP contribution is -2.28. The van der Waals surface area contributed by atoms with Gasteiger partial charge in [-0.05, 0) is 24.6 Å². The van der Waals surface area contributed by atoms with Crippen LogP contribution in [0.1, 0.15) is 18.5 Å². The van der Waals surface area contributed by atoms with E-state index in [9.17, 15) is 4.79 Å². The zero-order valence-corrected chi connectivity index (χ0v) is 10.2. The van der Waals surface area contributed by atoms with Gasteiger partial charge in [-0.3, -0.25) is 10.1 Å². The Balaban J connectivity index is 2.58. The first-order chi connectivity index (χ1) is 8.17. The lowest BCUT2D eigenvalue weighted by Gasteiger charge is -2.11. The third-order valence-corrected chi connectivity index (χ3v) is 2.34. The molecular weight excluding hydrogens is 240 g/mol. The van der Waals surface area contributed by atoms with Gasteiger partial charge in [0.25, 0.3) is 0 Å². The van der Waals surface area contributed by atoms with Crippen molar-refractivity contribution < 1.29 is 9.53 Å². The molecule has 5 heteroatoms. The number of benzene rings is 1. The zero-order valence-electron chi connectivity index (χ0n) is 9.44. The molecule has 0 aliphatic carbocycles. The Morgan fingerprint density at radius 3 is 2.71 bits per heavy atom. The zero-order chi connectivity index (χ0) is 12.7. The van der Waals surface area contributed by atoms with E-state index in [4.69, 9.17) is 21.6 Å². The fourth-order valence-corrected chi connectivity index (χ4v) is 1.42. The average molecular weight is 253 g/mol. The number of nitriles is 1. The van der Waals surface area contributed by atoms with Gasteiger partial charge in [0.15, 0.2) is 0 Å². The van der Waals surface area contributed by atoms with Crippen molar-refractivity contribution in [2.24, 2.45) is 0 Å². The molecular formula is C12H13ClN2O2. The summed E-state index contributed by atoms with van der Waals surface area (Å²) < 4.78 is 4.76. The molecule has 0 amide bonds. The Labute approximate surface area is 105 Å². The molecule has 0 aliphatic rings. The van der Waals surface area contributed by atoms with Gasteiger partial charge in [-0.25, -0.2) is 0 Å². The average Bonchev–Trinajstić information content (AvgIpc) is 2.32. The van der Waals surface area contributed by atoms with E-state index in [1.807, 2.05) is 0 Å². The molecule has 0 radical (unpaired) electrons. The van der Waals surface area contributed by atoms with Gasteiger partial charge in [0, 0.05) is 5.02 Å². The van der Waals surface area contributed by atoms with Gasteiger partial charge in [0.05, 0.1) is 19.2 Å². The Hall–Kier alpha value is -1.57. The van der Waals surface area contributed by atoms with Crippen LogP contribution in [-0.2, 0) is 9.53 Å². The van der Waals surface area contributed by atoms with Crippen molar-refractivity contribution in [3.63, 3.8) is 0 Å². The van der Waals surface area contributed by atoms with Crippen LogP contribution in [0.5, 0.6) is 0 Å². The monoisotopic (exact) mass is 252 g/mol. The second-order valence-electron chi connectivity index (χ2n) is 3.30. The van der Waals surface area contributed by atoms with Crippen LogP contribution in [-0.4, -0.2) is 19.1 Å². The molecule has 90 valence electrons. The van der Waals surface area contributed by atoms with Gasteiger partial charge < -0.3 is 4.74 Å². The molecule has 0 saturated carbocycles. The molecule has 1 rings (SSSR count). The SMILES string of the molecule is CCOC(=O)CNC(C#N)c1ccc(Cl)cc1. The molecule has 1 aromatic rings. The highest BCUT2D eigenvalue weighted by atomic mass is 35.5. The second kappa shape index (κ2) is 6.89. The van der Waals surface area contributed by atoms with E-state index in [-0.39, 0.29) is 12.5 Å². The number of nitrogens with zero attached hydrogens (tertiary/aromatic N) is 1. The Bertz CT molecular complexity index is 412. The molecule has 1 atom stereocenters. The molecule has 0 aromatic heterocycles. The summed E-state index contributed by atoms with van der Waals surface area (Å²) in [5, 5.41) is 12.4. The summed E-state index contributed by atoms with van der Waals surface area (Å²) in [4.78, 5) is 11.1. The van der Waals surface area contributed by atoms with Gasteiger partial charge in [-0.1, -0.05) is 23.7 Å². The topological polar surface area (TPSA) is 62.1 Å². The Morgan fingerprint density at radius 2 is 2.18 bits per heavy atom. The number of carbonyl (C=O) groups is 1. The van der Waals surface area contributed by atoms with Crippen molar-refractivity contribution in [1.82, 2.24) is 5.32 Å². The molecule has 4 nitrogen and oxygen atoms in total. The maximum atomic E-state index is 11.1. The van der Waals surface area contributed by atoms with Crippen molar-refractivity contribution in [3.8, 4) is 6.07 Å². The molecule has 0 saturated heterocycles. The molecule has 1 N–H and O–H groups in total. The number of ether oxygens (including phenoxy) is 1. The van der Waals surface area contributed by atoms with Crippen LogP contribution in [0.4, 0.5) is 0 Å². The summed E-state index contributed by atoms with van der Waals surface area (Å²) in [6.45, 7) is 2.08. The van der Waals surface area contributed by atoms with Crippen LogP contribution >= 0.6 is 11.6 Å². The summed E-state index contributed by atoms with van der Waals surface area (Å²) in [6.07, 6.45) is 0. The summed E-state index contributed by atoms with van der Waals surface area (Å²) in [7, 11) is 0. The van der Waals surface area contributed by atoms with Gasteiger partial charge in [-0.15, -0.1) is 0 Å². The fraction of sp³-hybridized carbons (Fsp3) is 0.333. The van der Waals surface area contributed by atoms with Crippen molar-refractivity contribution in [2.75, 3.05) is 13.2 Å². The van der Waals surface area contributed by atoms with Crippen LogP contribution in [0.2, 0.25) is 5.02 Å². The van der Waals surface area contributed by atoms with Crippen LogP contribution in [0.3, 0.4) is 0 Å². The van der Waals surface area contributed by atoms with E-state index >= 15 is 0 Å². The first-order valence-corrected chi connectivity index (χ1v) is 5.59. The van der Waals surface area contributed by atoms with Crippen LogP contribution in [0.15, 0.2) is 24.3 Å². The highest BCUT2D eigenvalue weighted by Crippen LogP contribution is 2.15. The maximum absolute atomic E-state index is 11.1. The minimum Gasteiger partial charge on any atom is -0.465 e. The largest absolute Gasteiger partial charge is 0.465 e. The van der Waals surface area contributed by atoms with E-state index in [0.717, 1.165) is 5.56 Å². The molecule has 17 heavy (non-hydrogen) atoms. The Morgan fingerprint density at radius 1 is 1.53 bits per heavy atom. The fourth-order valence-electron chi connectivity index (χ4n) is 1.29. The number of halogens is 1. The lowest BCUT2D eigenvalue weighted by atomic mass is 10.1. The van der Waals surface area contributed by atoms with E-state index in [2.05, 4.69) is 11.4 Å². The minimum absolute atomic E-state index is 0.00862. The molecule has 0 aliphatic heterocycles. The molecule has 0 spiro atoms. The number of rotatable bonds is 5. The lowest BCUT2D eigenvalue weighted by molar-refractivity contribution is -0.142. The van der Waals surface area contributed by atoms with Gasteiger partial charge in [-0.2, -0.15) is 5.26 Å². The number of hydrogen-bond acceptors (Lipinski definition) is 4. The first-order valence-electron chi connectivity index (χ1n) is 5.21. The van der Waals surface area contributed by atoms with Gasteiger partial charge >= 0.3 is 5.97 Å². The van der Waals surface area contributed by atoms with Crippen molar-refractivity contribution in [1.29, 1.82) is 5.26 Å². The normalized spacial score (nSPS) is 11.6. The first kappa shape index (κ1) is 13.5. The van der Waals surface area contributed by atoms with Crippen molar-refractivity contribution in [3.05, 3.63) is 34.9 Å². The molecule has 1 unspecified atom stereocenters. The summed E-state index contributed by atoms with van der Waals surface area (Å²) in [5.41, 5.74) is 0.765. The standard InChI is InChI=1S/C12H13ClN2O2/c1-2-17-12(16)8-15-11(7-14)9-3-5-10(13)6-4-9/h3-6,11,15H,2,8H2,1H3. The minimum atomic E-state index is -0.545. The van der Waals surface area contributed by atoms with Crippen LogP contribution < -0.4 is 5.32 Å². The van der Waals surface area contributed by atoms with Crippen molar-refractivity contribution >= 4 is 17.6 Å². The van der Waals surface area contributed by atoms with Crippen molar-refractivity contribution in [2.45, 2.75) is 13.0 Å². The second-order valence-corrected chi connectivity index (χ2v) is 3.74. The number of nitrogens with one attached hydrogen (secondary N) is 1. The van der Waals surface area contributed by atoms with E-state index in [1.54, 1.807) is 31.2 Å². The van der Waals surface area contributed by atoms with Gasteiger partial charge in [0.2, 0.25) is 0 Å². The molecule has 0 fully saturated rings. The third kappa shape index (κ3) is 4.43. The van der Waals surface area contributed by atoms with Crippen LogP contribution in [0.25, 0.3) is 0 Å². The highest BCUT2D eigenvalue weighted by Gasteiger charge is 2.11. The predicted molar refractivity (Wildman–Crippen MR) is 64.4 cm³/mol. The summed E-state index contributed by atoms with van der Waals surface area (Å²) in [6, 6.07) is 8.42. The number of hydrogen-bond donors (Lipinski definition) is 1. The maximum Gasteiger partial charge on any atom is 0.319 e. The summed E-state index contributed by atoms with van der Waals surface area (Å²) >= 11 is 5.75. The van der Waals surface area contributed by atoms with E-state index in [0.29, 0.717) is 11.6 Å². The molecule has 0 bridgehead atoms. The summed E-state index contributed by atoms with van der Waals surface area (Å²) in [5.74, 6) is -0.373. The number of carbonyl (C=O) groups excluding carboxylic acids is 1. The quantitative estimate of drug-likeness (QED) is 0.815. The highest BCUT2D eigenvalue weighted by molar-refractivity contribution is 6.30. The predicted octanol–water partition coefficient (Wildman–Crippen LogP) is 2.06. The van der Waals surface area contributed by atoms with E-state index < -0.39 is 6.04 Å². The smallest absolute Gasteiger partial charge is 0.319 e. The third-order valence-electron chi connectivity index (χ3n) is 2.09. The Kier molecular flexibility index (Phi) is 5.47. The molecule has 0 heterocycles. The molecule has 1 aromatic carbocycles.